The third-order valence-corrected chi connectivity index (χ3v) is 4.45. The Morgan fingerprint density at radius 2 is 2.25 bits per heavy atom. The third kappa shape index (κ3) is 2.71. The van der Waals surface area contributed by atoms with Crippen LogP contribution in [0, 0.1) is 6.92 Å². The van der Waals surface area contributed by atoms with E-state index in [1.54, 1.807) is 0 Å². The lowest BCUT2D eigenvalue weighted by Crippen LogP contribution is -2.49. The Balaban J connectivity index is 1.84. The zero-order valence-electron chi connectivity index (χ0n) is 11.7. The predicted octanol–water partition coefficient (Wildman–Crippen LogP) is 2.34. The summed E-state index contributed by atoms with van der Waals surface area (Å²) >= 11 is 3.51. The molecule has 0 radical (unpaired) electrons. The highest BCUT2D eigenvalue weighted by molar-refractivity contribution is 9.10. The lowest BCUT2D eigenvalue weighted by atomic mass is 10.1. The van der Waals surface area contributed by atoms with E-state index in [1.165, 1.54) is 5.56 Å². The molecule has 1 aliphatic heterocycles. The summed E-state index contributed by atoms with van der Waals surface area (Å²) in [4.78, 5) is 6.84. The number of aromatic nitrogens is 3. The van der Waals surface area contributed by atoms with Crippen LogP contribution < -0.4 is 10.2 Å². The van der Waals surface area contributed by atoms with Crippen LogP contribution in [0.1, 0.15) is 12.5 Å². The highest BCUT2D eigenvalue weighted by Crippen LogP contribution is 2.24. The highest BCUT2D eigenvalue weighted by Gasteiger charge is 2.19. The van der Waals surface area contributed by atoms with Crippen LogP contribution >= 0.6 is 15.9 Å². The molecular weight excluding hydrogens is 318 g/mol. The molecule has 0 spiro atoms. The maximum absolute atomic E-state index is 4.63. The van der Waals surface area contributed by atoms with Crippen molar-refractivity contribution in [3.05, 3.63) is 28.2 Å². The van der Waals surface area contributed by atoms with E-state index in [1.807, 2.05) is 12.1 Å². The first-order valence-electron chi connectivity index (χ1n) is 6.81. The SMILES string of the molecule is Cc1cc(-c2nc(N3CCNC(C)C3)n[nH]2)ccc1Br. The normalized spacial score (nSPS) is 19.4. The van der Waals surface area contributed by atoms with Gasteiger partial charge in [-0.1, -0.05) is 22.0 Å². The van der Waals surface area contributed by atoms with E-state index in [9.17, 15) is 0 Å². The molecule has 106 valence electrons. The van der Waals surface area contributed by atoms with Crippen LogP contribution in [0.15, 0.2) is 22.7 Å². The van der Waals surface area contributed by atoms with Crippen LogP contribution in [-0.4, -0.2) is 40.9 Å². The first kappa shape index (κ1) is 13.6. The van der Waals surface area contributed by atoms with Crippen LogP contribution in [0.3, 0.4) is 0 Å². The van der Waals surface area contributed by atoms with Crippen molar-refractivity contribution in [2.45, 2.75) is 19.9 Å². The molecule has 6 heteroatoms. The van der Waals surface area contributed by atoms with Crippen LogP contribution in [0.5, 0.6) is 0 Å². The number of anilines is 1. The Morgan fingerprint density at radius 3 is 3.00 bits per heavy atom. The zero-order valence-corrected chi connectivity index (χ0v) is 13.2. The van der Waals surface area contributed by atoms with E-state index < -0.39 is 0 Å². The van der Waals surface area contributed by atoms with Crippen LogP contribution in [-0.2, 0) is 0 Å². The maximum Gasteiger partial charge on any atom is 0.245 e. The number of hydrogen-bond donors (Lipinski definition) is 2. The zero-order chi connectivity index (χ0) is 14.1. The van der Waals surface area contributed by atoms with Crippen molar-refractivity contribution in [1.82, 2.24) is 20.5 Å². The molecule has 0 amide bonds. The second-order valence-corrected chi connectivity index (χ2v) is 6.10. The van der Waals surface area contributed by atoms with Gasteiger partial charge in [0.05, 0.1) is 0 Å². The van der Waals surface area contributed by atoms with E-state index in [0.717, 1.165) is 41.4 Å². The van der Waals surface area contributed by atoms with Gasteiger partial charge in [0.2, 0.25) is 5.95 Å². The van der Waals surface area contributed by atoms with Crippen LogP contribution in [0.2, 0.25) is 0 Å². The standard InChI is InChI=1S/C14H18BrN5/c1-9-7-11(3-4-12(9)15)13-17-14(19-18-13)20-6-5-16-10(2)8-20/h3-4,7,10,16H,5-6,8H2,1-2H3,(H,17,18,19). The summed E-state index contributed by atoms with van der Waals surface area (Å²) in [5.41, 5.74) is 2.25. The van der Waals surface area contributed by atoms with E-state index in [2.05, 4.69) is 61.2 Å². The molecule has 1 aromatic heterocycles. The number of piperazine rings is 1. The molecule has 1 fully saturated rings. The smallest absolute Gasteiger partial charge is 0.245 e. The van der Waals surface area contributed by atoms with Crippen molar-refractivity contribution >= 4 is 21.9 Å². The van der Waals surface area contributed by atoms with Gasteiger partial charge >= 0.3 is 0 Å². The van der Waals surface area contributed by atoms with Gasteiger partial charge in [-0.05, 0) is 31.5 Å². The predicted molar refractivity (Wildman–Crippen MR) is 83.9 cm³/mol. The Labute approximate surface area is 126 Å². The van der Waals surface area contributed by atoms with Gasteiger partial charge in [0.25, 0.3) is 0 Å². The molecule has 2 heterocycles. The number of nitrogens with one attached hydrogen (secondary N) is 2. The summed E-state index contributed by atoms with van der Waals surface area (Å²) in [6.45, 7) is 7.11. The van der Waals surface area contributed by atoms with Gasteiger partial charge in [0.15, 0.2) is 5.82 Å². The Bertz CT molecular complexity index is 609. The topological polar surface area (TPSA) is 56.8 Å². The molecule has 1 aliphatic rings. The fraction of sp³-hybridized carbons (Fsp3) is 0.429. The molecule has 20 heavy (non-hydrogen) atoms. The number of aryl methyl sites for hydroxylation is 1. The lowest BCUT2D eigenvalue weighted by Gasteiger charge is -2.30. The van der Waals surface area contributed by atoms with Crippen molar-refractivity contribution in [3.63, 3.8) is 0 Å². The average molecular weight is 336 g/mol. The van der Waals surface area contributed by atoms with Gasteiger partial charge in [-0.2, -0.15) is 4.98 Å². The Kier molecular flexibility index (Phi) is 3.76. The number of rotatable bonds is 2. The molecule has 2 N–H and O–H groups in total. The number of aromatic amines is 1. The number of nitrogens with zero attached hydrogens (tertiary/aromatic N) is 3. The Morgan fingerprint density at radius 1 is 1.40 bits per heavy atom. The fourth-order valence-electron chi connectivity index (χ4n) is 2.43. The summed E-state index contributed by atoms with van der Waals surface area (Å²) in [6, 6.07) is 6.66. The van der Waals surface area contributed by atoms with Gasteiger partial charge in [-0.3, -0.25) is 5.10 Å². The van der Waals surface area contributed by atoms with Crippen molar-refractivity contribution in [2.24, 2.45) is 0 Å². The average Bonchev–Trinajstić information content (AvgIpc) is 2.92. The summed E-state index contributed by atoms with van der Waals surface area (Å²) in [7, 11) is 0. The number of halogens is 1. The summed E-state index contributed by atoms with van der Waals surface area (Å²) in [5, 5.41) is 10.8. The molecule has 3 rings (SSSR count). The van der Waals surface area contributed by atoms with Crippen molar-refractivity contribution in [2.75, 3.05) is 24.5 Å². The molecule has 1 atom stereocenters. The highest BCUT2D eigenvalue weighted by atomic mass is 79.9. The first-order chi connectivity index (χ1) is 9.63. The number of hydrogen-bond acceptors (Lipinski definition) is 4. The van der Waals surface area contributed by atoms with E-state index in [-0.39, 0.29) is 0 Å². The second kappa shape index (κ2) is 5.54. The largest absolute Gasteiger partial charge is 0.337 e. The minimum atomic E-state index is 0.473. The minimum absolute atomic E-state index is 0.473. The van der Waals surface area contributed by atoms with Crippen LogP contribution in [0.25, 0.3) is 11.4 Å². The van der Waals surface area contributed by atoms with Gasteiger partial charge in [0.1, 0.15) is 0 Å². The van der Waals surface area contributed by atoms with E-state index in [4.69, 9.17) is 0 Å². The van der Waals surface area contributed by atoms with Crippen molar-refractivity contribution in [1.29, 1.82) is 0 Å². The van der Waals surface area contributed by atoms with Gasteiger partial charge in [-0.15, -0.1) is 5.10 Å². The fourth-order valence-corrected chi connectivity index (χ4v) is 2.68. The quantitative estimate of drug-likeness (QED) is 0.884. The molecule has 0 bridgehead atoms. The molecule has 1 aromatic carbocycles. The lowest BCUT2D eigenvalue weighted by molar-refractivity contribution is 0.480. The molecular formula is C14H18BrN5. The summed E-state index contributed by atoms with van der Waals surface area (Å²) in [6.07, 6.45) is 0. The monoisotopic (exact) mass is 335 g/mol. The molecule has 5 nitrogen and oxygen atoms in total. The molecule has 1 saturated heterocycles. The van der Waals surface area contributed by atoms with E-state index in [0.29, 0.717) is 6.04 Å². The number of benzene rings is 1. The third-order valence-electron chi connectivity index (χ3n) is 3.56. The molecule has 0 aliphatic carbocycles. The van der Waals surface area contributed by atoms with Crippen molar-refractivity contribution < 1.29 is 0 Å². The van der Waals surface area contributed by atoms with Crippen molar-refractivity contribution in [3.8, 4) is 11.4 Å². The maximum atomic E-state index is 4.63. The van der Waals surface area contributed by atoms with Gasteiger partial charge in [0, 0.05) is 35.7 Å². The molecule has 1 unspecified atom stereocenters. The van der Waals surface area contributed by atoms with E-state index >= 15 is 0 Å². The molecule has 0 saturated carbocycles. The minimum Gasteiger partial charge on any atom is -0.337 e. The summed E-state index contributed by atoms with van der Waals surface area (Å²) < 4.78 is 1.11. The number of H-pyrrole nitrogens is 1. The second-order valence-electron chi connectivity index (χ2n) is 5.25. The van der Waals surface area contributed by atoms with Gasteiger partial charge < -0.3 is 10.2 Å². The molecule has 2 aromatic rings. The first-order valence-corrected chi connectivity index (χ1v) is 7.60. The van der Waals surface area contributed by atoms with Crippen LogP contribution in [0.4, 0.5) is 5.95 Å². The van der Waals surface area contributed by atoms with Gasteiger partial charge in [-0.25, -0.2) is 0 Å². The Hall–Kier alpha value is -1.40. The summed E-state index contributed by atoms with van der Waals surface area (Å²) in [5.74, 6) is 1.61.